The number of rotatable bonds is 3. The van der Waals surface area contributed by atoms with Gasteiger partial charge in [-0.1, -0.05) is 12.8 Å². The second kappa shape index (κ2) is 13.3. The lowest BCUT2D eigenvalue weighted by Crippen LogP contribution is -2.47. The second-order valence-electron chi connectivity index (χ2n) is 9.81. The number of alkyl halides is 6. The largest absolute Gasteiger partial charge is 0.490 e. The molecule has 1 aliphatic carbocycles. The maximum Gasteiger partial charge on any atom is 0.490 e. The van der Waals surface area contributed by atoms with Gasteiger partial charge in [0.2, 0.25) is 0 Å². The zero-order chi connectivity index (χ0) is 28.6. The topological polar surface area (TPSA) is 111 Å². The van der Waals surface area contributed by atoms with Crippen molar-refractivity contribution >= 4 is 17.8 Å². The summed E-state index contributed by atoms with van der Waals surface area (Å²) in [7, 11) is 0. The van der Waals surface area contributed by atoms with Crippen molar-refractivity contribution < 1.29 is 50.9 Å². The fraction of sp³-hybridized carbons (Fsp3) is 0.667. The molecule has 2 saturated heterocycles. The number of halogens is 6. The fourth-order valence-electron chi connectivity index (χ4n) is 5.13. The summed E-state index contributed by atoms with van der Waals surface area (Å²) >= 11 is 0. The molecule has 3 aliphatic rings. The predicted octanol–water partition coefficient (Wildman–Crippen LogP) is 4.47. The number of pyridine rings is 1. The molecule has 1 aromatic rings. The summed E-state index contributed by atoms with van der Waals surface area (Å²) in [5, 5.41) is 14.2. The average Bonchev–Trinajstić information content (AvgIpc) is 3.49. The van der Waals surface area contributed by atoms with Gasteiger partial charge in [-0.25, -0.2) is 9.59 Å². The standard InChI is InChI=1S/C20H29N3O.2C2HF3O2/c24-19(18-7-3-10-21-13-18)23-11-4-8-20(16-23)9-12-22(15-20)14-17-5-1-2-6-17;2*3-2(4,5)1(6)7/h3,7,10,13,17H,1-2,4-6,8-9,11-12,14-16H2;2*(H,6,7). The van der Waals surface area contributed by atoms with Crippen molar-refractivity contribution in [2.24, 2.45) is 11.3 Å². The van der Waals surface area contributed by atoms with E-state index in [2.05, 4.69) is 14.8 Å². The van der Waals surface area contributed by atoms with Crippen LogP contribution in [0.1, 0.15) is 55.3 Å². The van der Waals surface area contributed by atoms with Crippen molar-refractivity contribution in [3.05, 3.63) is 30.1 Å². The molecule has 0 radical (unpaired) electrons. The van der Waals surface area contributed by atoms with Gasteiger partial charge < -0.3 is 20.0 Å². The van der Waals surface area contributed by atoms with E-state index in [1.807, 2.05) is 12.1 Å². The number of carbonyl (C=O) groups is 3. The highest BCUT2D eigenvalue weighted by atomic mass is 19.4. The quantitative estimate of drug-likeness (QED) is 0.530. The molecule has 2 N–H and O–H groups in total. The average molecular weight is 556 g/mol. The summed E-state index contributed by atoms with van der Waals surface area (Å²) in [5.41, 5.74) is 1.07. The highest BCUT2D eigenvalue weighted by Crippen LogP contribution is 2.40. The highest BCUT2D eigenvalue weighted by molar-refractivity contribution is 5.94. The van der Waals surface area contributed by atoms with Crippen LogP contribution in [0.15, 0.2) is 24.5 Å². The van der Waals surface area contributed by atoms with Crippen molar-refractivity contribution in [2.75, 3.05) is 32.7 Å². The number of carboxylic acid groups (broad SMARTS) is 2. The number of likely N-dealkylation sites (tertiary alicyclic amines) is 2. The van der Waals surface area contributed by atoms with Gasteiger partial charge in [0.05, 0.1) is 5.56 Å². The molecule has 1 saturated carbocycles. The Kier molecular flexibility index (Phi) is 10.9. The van der Waals surface area contributed by atoms with Gasteiger partial charge in [-0.2, -0.15) is 26.3 Å². The van der Waals surface area contributed by atoms with Crippen LogP contribution in [0.25, 0.3) is 0 Å². The molecule has 38 heavy (non-hydrogen) atoms. The second-order valence-corrected chi connectivity index (χ2v) is 9.81. The van der Waals surface area contributed by atoms with Gasteiger partial charge in [-0.15, -0.1) is 0 Å². The number of aromatic nitrogens is 1. The fourth-order valence-corrected chi connectivity index (χ4v) is 5.13. The Balaban J connectivity index is 0.000000301. The molecule has 14 heteroatoms. The van der Waals surface area contributed by atoms with Crippen molar-refractivity contribution in [3.63, 3.8) is 0 Å². The first kappa shape index (κ1) is 31.3. The van der Waals surface area contributed by atoms with Crippen molar-refractivity contribution in [3.8, 4) is 0 Å². The summed E-state index contributed by atoms with van der Waals surface area (Å²) in [6.45, 7) is 5.55. The molecule has 8 nitrogen and oxygen atoms in total. The maximum absolute atomic E-state index is 12.8. The number of hydrogen-bond acceptors (Lipinski definition) is 5. The lowest BCUT2D eigenvalue weighted by atomic mass is 9.79. The van der Waals surface area contributed by atoms with Gasteiger partial charge in [0.1, 0.15) is 0 Å². The third-order valence-corrected chi connectivity index (χ3v) is 6.85. The molecule has 4 rings (SSSR count). The third-order valence-electron chi connectivity index (χ3n) is 6.85. The van der Waals surface area contributed by atoms with Crippen LogP contribution in [0.5, 0.6) is 0 Å². The highest BCUT2D eigenvalue weighted by Gasteiger charge is 2.43. The first-order chi connectivity index (χ1) is 17.6. The molecule has 214 valence electrons. The van der Waals surface area contributed by atoms with Gasteiger partial charge in [0, 0.05) is 44.0 Å². The molecule has 2 aliphatic heterocycles. The zero-order valence-corrected chi connectivity index (χ0v) is 20.6. The van der Waals surface area contributed by atoms with Crippen LogP contribution in [0.3, 0.4) is 0 Å². The van der Waals surface area contributed by atoms with Crippen LogP contribution in [-0.4, -0.2) is 87.9 Å². The summed E-state index contributed by atoms with van der Waals surface area (Å²) < 4.78 is 63.5. The van der Waals surface area contributed by atoms with Crippen LogP contribution in [-0.2, 0) is 9.59 Å². The van der Waals surface area contributed by atoms with Crippen molar-refractivity contribution in [1.82, 2.24) is 14.8 Å². The van der Waals surface area contributed by atoms with E-state index >= 15 is 0 Å². The van der Waals surface area contributed by atoms with E-state index in [-0.39, 0.29) is 5.91 Å². The van der Waals surface area contributed by atoms with E-state index in [0.717, 1.165) is 31.0 Å². The molecule has 1 amide bonds. The maximum atomic E-state index is 12.8. The molecular weight excluding hydrogens is 524 g/mol. The van der Waals surface area contributed by atoms with Gasteiger partial charge in [-0.05, 0) is 56.7 Å². The monoisotopic (exact) mass is 555 g/mol. The van der Waals surface area contributed by atoms with Gasteiger partial charge in [-0.3, -0.25) is 9.78 Å². The Hall–Kier alpha value is -2.90. The molecule has 1 atom stereocenters. The number of amides is 1. The van der Waals surface area contributed by atoms with Gasteiger partial charge in [0.25, 0.3) is 5.91 Å². The zero-order valence-electron chi connectivity index (χ0n) is 20.6. The minimum absolute atomic E-state index is 0.163. The number of nitrogens with zero attached hydrogens (tertiary/aromatic N) is 3. The van der Waals surface area contributed by atoms with Crippen LogP contribution >= 0.6 is 0 Å². The number of aliphatic carboxylic acids is 2. The molecular formula is C24H31F6N3O5. The van der Waals surface area contributed by atoms with E-state index < -0.39 is 24.3 Å². The van der Waals surface area contributed by atoms with E-state index in [0.29, 0.717) is 5.41 Å². The Morgan fingerprint density at radius 3 is 2.00 bits per heavy atom. The first-order valence-electron chi connectivity index (χ1n) is 12.1. The molecule has 3 fully saturated rings. The summed E-state index contributed by atoms with van der Waals surface area (Å²) in [6.07, 6.45) is 2.65. The minimum Gasteiger partial charge on any atom is -0.475 e. The molecule has 1 aromatic heterocycles. The lowest BCUT2D eigenvalue weighted by Gasteiger charge is -2.40. The van der Waals surface area contributed by atoms with Gasteiger partial charge >= 0.3 is 24.3 Å². The van der Waals surface area contributed by atoms with E-state index in [9.17, 15) is 31.1 Å². The SMILES string of the molecule is O=C(O)C(F)(F)F.O=C(O)C(F)(F)F.O=C(c1cccnc1)N1CCCC2(CCN(CC3CCCC3)C2)C1. The predicted molar refractivity (Wildman–Crippen MR) is 122 cm³/mol. The van der Waals surface area contributed by atoms with E-state index in [1.165, 1.54) is 58.2 Å². The van der Waals surface area contributed by atoms with Crippen molar-refractivity contribution in [2.45, 2.75) is 57.3 Å². The van der Waals surface area contributed by atoms with Crippen LogP contribution in [0.4, 0.5) is 26.3 Å². The Bertz CT molecular complexity index is 914. The summed E-state index contributed by atoms with van der Waals surface area (Å²) in [6, 6.07) is 3.74. The molecule has 1 spiro atoms. The summed E-state index contributed by atoms with van der Waals surface area (Å²) in [5.74, 6) is -4.42. The Morgan fingerprint density at radius 1 is 0.921 bits per heavy atom. The minimum atomic E-state index is -5.08. The number of piperidine rings is 1. The smallest absolute Gasteiger partial charge is 0.475 e. The van der Waals surface area contributed by atoms with E-state index in [4.69, 9.17) is 19.8 Å². The Labute approximate surface area is 215 Å². The van der Waals surface area contributed by atoms with Crippen LogP contribution in [0, 0.1) is 11.3 Å². The first-order valence-corrected chi connectivity index (χ1v) is 12.1. The third kappa shape index (κ3) is 9.76. The van der Waals surface area contributed by atoms with Gasteiger partial charge in [0.15, 0.2) is 0 Å². The molecule has 3 heterocycles. The molecule has 0 aromatic carbocycles. The lowest BCUT2D eigenvalue weighted by molar-refractivity contribution is -0.193. The Morgan fingerprint density at radius 2 is 1.50 bits per heavy atom. The van der Waals surface area contributed by atoms with Crippen LogP contribution in [0.2, 0.25) is 0 Å². The molecule has 0 bridgehead atoms. The number of carbonyl (C=O) groups excluding carboxylic acids is 1. The van der Waals surface area contributed by atoms with Crippen LogP contribution < -0.4 is 0 Å². The number of hydrogen-bond donors (Lipinski definition) is 2. The molecule has 1 unspecified atom stereocenters. The summed E-state index contributed by atoms with van der Waals surface area (Å²) in [4.78, 5) is 39.4. The number of carboxylic acids is 2. The van der Waals surface area contributed by atoms with E-state index in [1.54, 1.807) is 12.4 Å². The van der Waals surface area contributed by atoms with Crippen molar-refractivity contribution in [1.29, 1.82) is 0 Å². The normalized spacial score (nSPS) is 22.3.